The highest BCUT2D eigenvalue weighted by atomic mass is 16.7. The van der Waals surface area contributed by atoms with Gasteiger partial charge in [0.15, 0.2) is 0 Å². The van der Waals surface area contributed by atoms with E-state index in [2.05, 4.69) is 174 Å². The number of hydrogen-bond acceptors (Lipinski definition) is 4. The molecule has 9 rings (SSSR count). The lowest BCUT2D eigenvalue weighted by atomic mass is 9.77. The molecule has 5 aromatic carbocycles. The van der Waals surface area contributed by atoms with Gasteiger partial charge in [-0.15, -0.1) is 0 Å². The second-order valence-corrected chi connectivity index (χ2v) is 16.0. The highest BCUT2D eigenvalue weighted by Gasteiger charge is 2.53. The summed E-state index contributed by atoms with van der Waals surface area (Å²) in [6.07, 6.45) is 0. The zero-order valence-corrected chi connectivity index (χ0v) is 30.1. The van der Waals surface area contributed by atoms with Gasteiger partial charge in [0.1, 0.15) is 0 Å². The molecule has 250 valence electrons. The second kappa shape index (κ2) is 10.6. The molecule has 7 aromatic rings. The molecule has 0 radical (unpaired) electrons. The summed E-state index contributed by atoms with van der Waals surface area (Å²) in [5.41, 5.74) is 7.03. The Morgan fingerprint density at radius 2 is 0.740 bits per heavy atom. The van der Waals surface area contributed by atoms with Crippen molar-refractivity contribution in [1.82, 2.24) is 9.13 Å². The summed E-state index contributed by atoms with van der Waals surface area (Å²) in [6.45, 7) is 16.8. The molecule has 2 aliphatic heterocycles. The third-order valence-corrected chi connectivity index (χ3v) is 11.8. The Hall–Kier alpha value is -4.33. The van der Waals surface area contributed by atoms with Crippen LogP contribution in [-0.2, 0) is 18.6 Å². The number of nitrogens with zero attached hydrogens (tertiary/aromatic N) is 2. The average molecular weight is 660 g/mol. The number of fused-ring (bicyclic) bond motifs is 6. The Bertz CT molecular complexity index is 2310. The fourth-order valence-corrected chi connectivity index (χ4v) is 7.56. The van der Waals surface area contributed by atoms with E-state index < -0.39 is 36.6 Å². The highest BCUT2D eigenvalue weighted by molar-refractivity contribution is 6.63. The van der Waals surface area contributed by atoms with Crippen molar-refractivity contribution in [2.75, 3.05) is 0 Å². The van der Waals surface area contributed by atoms with Crippen molar-refractivity contribution in [3.8, 4) is 11.4 Å². The van der Waals surface area contributed by atoms with E-state index in [1.165, 1.54) is 21.8 Å². The molecule has 2 aliphatic rings. The molecular weight excluding hydrogens is 618 g/mol. The summed E-state index contributed by atoms with van der Waals surface area (Å²) in [4.78, 5) is 0. The minimum absolute atomic E-state index is 0.433. The zero-order valence-electron chi connectivity index (χ0n) is 30.1. The summed E-state index contributed by atoms with van der Waals surface area (Å²) in [5.74, 6) is 0. The minimum Gasteiger partial charge on any atom is -0.399 e. The van der Waals surface area contributed by atoms with Crippen LogP contribution in [0.1, 0.15) is 55.4 Å². The van der Waals surface area contributed by atoms with E-state index in [1.807, 2.05) is 0 Å². The molecule has 2 fully saturated rings. The lowest BCUT2D eigenvalue weighted by molar-refractivity contribution is 0.00578. The summed E-state index contributed by atoms with van der Waals surface area (Å²) in [5, 5.41) is 4.73. The molecule has 0 unspecified atom stereocenters. The van der Waals surface area contributed by atoms with Crippen LogP contribution in [-0.4, -0.2) is 45.8 Å². The van der Waals surface area contributed by atoms with Gasteiger partial charge in [0, 0.05) is 32.9 Å². The first-order valence-corrected chi connectivity index (χ1v) is 17.6. The summed E-state index contributed by atoms with van der Waals surface area (Å²) in [6, 6.07) is 39.3. The van der Waals surface area contributed by atoms with Crippen molar-refractivity contribution in [2.24, 2.45) is 0 Å². The van der Waals surface area contributed by atoms with Gasteiger partial charge in [0.05, 0.1) is 44.5 Å². The molecule has 8 heteroatoms. The molecule has 4 heterocycles. The van der Waals surface area contributed by atoms with Gasteiger partial charge in [-0.25, -0.2) is 0 Å². The van der Waals surface area contributed by atoms with Gasteiger partial charge in [-0.3, -0.25) is 0 Å². The molecule has 0 N–H and O–H groups in total. The lowest BCUT2D eigenvalue weighted by Gasteiger charge is -2.32. The third kappa shape index (κ3) is 4.59. The molecule has 50 heavy (non-hydrogen) atoms. The van der Waals surface area contributed by atoms with E-state index in [-0.39, 0.29) is 0 Å². The topological polar surface area (TPSA) is 46.8 Å². The van der Waals surface area contributed by atoms with Gasteiger partial charge in [-0.1, -0.05) is 66.7 Å². The van der Waals surface area contributed by atoms with Crippen LogP contribution in [0.25, 0.3) is 55.0 Å². The van der Waals surface area contributed by atoms with E-state index in [0.717, 1.165) is 44.1 Å². The van der Waals surface area contributed by atoms with Crippen LogP contribution in [0.2, 0.25) is 0 Å². The molecule has 2 saturated heterocycles. The maximum absolute atomic E-state index is 6.51. The number of rotatable bonds is 4. The van der Waals surface area contributed by atoms with E-state index in [4.69, 9.17) is 18.6 Å². The number of para-hydroxylation sites is 2. The van der Waals surface area contributed by atoms with E-state index in [0.29, 0.717) is 0 Å². The van der Waals surface area contributed by atoms with Gasteiger partial charge in [-0.2, -0.15) is 0 Å². The maximum atomic E-state index is 6.51. The first-order valence-electron chi connectivity index (χ1n) is 17.6. The standard InChI is InChI=1S/C42H42B2N2O4/c1-39(2)40(3,4)48-43(47-39)27-20-22-37-33(24-27)34-25-28(44-49-41(5,6)42(7,8)50-44)21-23-38(34)46(37)30-15-13-14-29(26-30)45-35-18-11-9-16-31(35)32-17-10-12-19-36(32)45/h9-26H,1-8H3. The Balaban J connectivity index is 1.24. The Morgan fingerprint density at radius 3 is 1.14 bits per heavy atom. The van der Waals surface area contributed by atoms with Crippen LogP contribution in [0.4, 0.5) is 0 Å². The quantitative estimate of drug-likeness (QED) is 0.178. The Labute approximate surface area is 294 Å². The zero-order chi connectivity index (χ0) is 34.8. The molecule has 6 nitrogen and oxygen atoms in total. The van der Waals surface area contributed by atoms with Gasteiger partial charge in [0.25, 0.3) is 0 Å². The Kier molecular flexibility index (Phi) is 6.70. The smallest absolute Gasteiger partial charge is 0.399 e. The van der Waals surface area contributed by atoms with Crippen molar-refractivity contribution in [2.45, 2.75) is 77.8 Å². The van der Waals surface area contributed by atoms with Crippen LogP contribution in [0.5, 0.6) is 0 Å². The molecule has 0 bridgehead atoms. The van der Waals surface area contributed by atoms with Gasteiger partial charge < -0.3 is 27.8 Å². The number of hydrogen-bond donors (Lipinski definition) is 0. The van der Waals surface area contributed by atoms with E-state index in [9.17, 15) is 0 Å². The molecule has 0 atom stereocenters. The second-order valence-electron chi connectivity index (χ2n) is 16.0. The van der Waals surface area contributed by atoms with E-state index in [1.54, 1.807) is 0 Å². The summed E-state index contributed by atoms with van der Waals surface area (Å²) in [7, 11) is -0.930. The fraction of sp³-hybridized carbons (Fsp3) is 0.286. The molecule has 0 amide bonds. The largest absolute Gasteiger partial charge is 0.494 e. The maximum Gasteiger partial charge on any atom is 0.494 e. The summed E-state index contributed by atoms with van der Waals surface area (Å²) < 4.78 is 30.8. The number of aromatic nitrogens is 2. The average Bonchev–Trinajstić information content (AvgIpc) is 3.73. The molecule has 0 saturated carbocycles. The molecule has 0 spiro atoms. The predicted molar refractivity (Wildman–Crippen MR) is 207 cm³/mol. The Morgan fingerprint density at radius 1 is 0.380 bits per heavy atom. The highest BCUT2D eigenvalue weighted by Crippen LogP contribution is 2.40. The third-order valence-electron chi connectivity index (χ3n) is 11.8. The fourth-order valence-electron chi connectivity index (χ4n) is 7.56. The van der Waals surface area contributed by atoms with Crippen LogP contribution in [0, 0.1) is 0 Å². The molecular formula is C42H42B2N2O4. The van der Waals surface area contributed by atoms with Crippen molar-refractivity contribution < 1.29 is 18.6 Å². The van der Waals surface area contributed by atoms with Crippen LogP contribution in [0.3, 0.4) is 0 Å². The van der Waals surface area contributed by atoms with E-state index >= 15 is 0 Å². The normalized spacial score (nSPS) is 19.4. The predicted octanol–water partition coefficient (Wildman–Crippen LogP) is 8.48. The molecule has 0 aliphatic carbocycles. The van der Waals surface area contributed by atoms with Crippen molar-refractivity contribution in [1.29, 1.82) is 0 Å². The van der Waals surface area contributed by atoms with Crippen LogP contribution in [0.15, 0.2) is 109 Å². The van der Waals surface area contributed by atoms with Crippen LogP contribution < -0.4 is 10.9 Å². The monoisotopic (exact) mass is 660 g/mol. The SMILES string of the molecule is CC1(C)OB(c2ccc3c(c2)c2cc(B4OC(C)(C)C(C)(C)O4)ccc2n3-c2cccc(-n3c4ccccc4c4ccccc43)c2)OC1(C)C. The van der Waals surface area contributed by atoms with Gasteiger partial charge >= 0.3 is 14.2 Å². The van der Waals surface area contributed by atoms with Gasteiger partial charge in [0.2, 0.25) is 0 Å². The lowest BCUT2D eigenvalue weighted by Crippen LogP contribution is -2.41. The first-order chi connectivity index (χ1) is 23.7. The van der Waals surface area contributed by atoms with Crippen molar-refractivity contribution in [3.63, 3.8) is 0 Å². The number of benzene rings is 5. The first kappa shape index (κ1) is 31.6. The van der Waals surface area contributed by atoms with Crippen molar-refractivity contribution in [3.05, 3.63) is 109 Å². The molecule has 2 aromatic heterocycles. The minimum atomic E-state index is -0.465. The van der Waals surface area contributed by atoms with Crippen molar-refractivity contribution >= 4 is 68.8 Å². The summed E-state index contributed by atoms with van der Waals surface area (Å²) >= 11 is 0. The van der Waals surface area contributed by atoms with Crippen LogP contribution >= 0.6 is 0 Å². The van der Waals surface area contributed by atoms with Gasteiger partial charge in [-0.05, 0) is 109 Å².